The van der Waals surface area contributed by atoms with Crippen molar-refractivity contribution in [2.45, 2.75) is 39.5 Å². The first kappa shape index (κ1) is 25.5. The molecule has 0 bridgehead atoms. The van der Waals surface area contributed by atoms with Crippen LogP contribution in [0.25, 0.3) is 0 Å². The van der Waals surface area contributed by atoms with Crippen LogP contribution in [0, 0.1) is 12.3 Å². The number of nitrogens with zero attached hydrogens (tertiary/aromatic N) is 4. The van der Waals surface area contributed by atoms with Gasteiger partial charge in [0, 0.05) is 52.4 Å². The van der Waals surface area contributed by atoms with Crippen LogP contribution in [0.3, 0.4) is 0 Å². The van der Waals surface area contributed by atoms with E-state index in [1.807, 2.05) is 19.9 Å². The van der Waals surface area contributed by atoms with Gasteiger partial charge in [-0.1, -0.05) is 18.4 Å². The van der Waals surface area contributed by atoms with E-state index in [2.05, 4.69) is 20.6 Å². The fraction of sp³-hybridized carbons (Fsp3) is 0.720. The Hall–Kier alpha value is -1.81. The van der Waals surface area contributed by atoms with Crippen molar-refractivity contribution in [3.8, 4) is 12.3 Å². The Morgan fingerprint density at radius 3 is 2.19 bits per heavy atom. The molecular formula is C25H42N4O2. The maximum absolute atomic E-state index is 12.4. The number of carbonyl (C=O) groups excluding carboxylic acids is 1. The first-order valence-corrected chi connectivity index (χ1v) is 12.0. The normalized spacial score (nSPS) is 19.5. The van der Waals surface area contributed by atoms with Crippen molar-refractivity contribution in [2.24, 2.45) is 0 Å². The molecule has 2 fully saturated rings. The number of carbonyl (C=O) groups is 1. The molecule has 0 aromatic carbocycles. The van der Waals surface area contributed by atoms with Crippen LogP contribution in [0.1, 0.15) is 39.5 Å². The Labute approximate surface area is 189 Å². The molecule has 0 radical (unpaired) electrons. The molecule has 0 unspecified atom stereocenters. The van der Waals surface area contributed by atoms with E-state index >= 15 is 0 Å². The third-order valence-corrected chi connectivity index (χ3v) is 6.32. The number of rotatable bonds is 11. The van der Waals surface area contributed by atoms with Crippen molar-refractivity contribution in [1.82, 2.24) is 19.6 Å². The standard InChI is InChI=1S/C25H42N4O2/c1-4-7-12-24(5-2)23-31-25(30)29(6-3)16-11-15-27-18-21-28(22-19-27)20-17-26-13-9-8-10-14-26/h1,5,7,12H,6,8-11,13-23H2,2-3H3/b12-7-,24-5+. The van der Waals surface area contributed by atoms with Crippen LogP contribution in [0.5, 0.6) is 0 Å². The molecule has 0 atom stereocenters. The second kappa shape index (κ2) is 15.1. The van der Waals surface area contributed by atoms with Gasteiger partial charge in [-0.2, -0.15) is 0 Å². The topological polar surface area (TPSA) is 39.3 Å². The number of ether oxygens (including phenoxy) is 1. The smallest absolute Gasteiger partial charge is 0.410 e. The van der Waals surface area contributed by atoms with Crippen LogP contribution in [-0.4, -0.2) is 104 Å². The lowest BCUT2D eigenvalue weighted by molar-refractivity contribution is 0.100. The molecule has 0 saturated carbocycles. The molecule has 0 aromatic rings. The predicted molar refractivity (Wildman–Crippen MR) is 128 cm³/mol. The lowest BCUT2D eigenvalue weighted by Crippen LogP contribution is -2.49. The maximum Gasteiger partial charge on any atom is 0.410 e. The second-order valence-electron chi connectivity index (χ2n) is 8.44. The van der Waals surface area contributed by atoms with Crippen LogP contribution < -0.4 is 0 Å². The summed E-state index contributed by atoms with van der Waals surface area (Å²) in [7, 11) is 0. The summed E-state index contributed by atoms with van der Waals surface area (Å²) in [6, 6.07) is 0. The fourth-order valence-corrected chi connectivity index (χ4v) is 4.19. The zero-order valence-electron chi connectivity index (χ0n) is 19.7. The summed E-state index contributed by atoms with van der Waals surface area (Å²) in [6.07, 6.45) is 15.4. The molecule has 6 heteroatoms. The predicted octanol–water partition coefficient (Wildman–Crippen LogP) is 3.07. The summed E-state index contributed by atoms with van der Waals surface area (Å²) >= 11 is 0. The number of allylic oxidation sites excluding steroid dienone is 2. The first-order valence-electron chi connectivity index (χ1n) is 12.0. The average Bonchev–Trinajstić information content (AvgIpc) is 2.82. The number of piperidine rings is 1. The molecule has 0 aliphatic carbocycles. The van der Waals surface area contributed by atoms with E-state index in [0.717, 1.165) is 51.3 Å². The van der Waals surface area contributed by atoms with E-state index in [0.29, 0.717) is 6.54 Å². The van der Waals surface area contributed by atoms with Gasteiger partial charge in [-0.3, -0.25) is 4.90 Å². The highest BCUT2D eigenvalue weighted by atomic mass is 16.6. The molecule has 2 heterocycles. The minimum absolute atomic E-state index is 0.251. The van der Waals surface area contributed by atoms with E-state index in [1.165, 1.54) is 45.4 Å². The van der Waals surface area contributed by atoms with Crippen molar-refractivity contribution in [1.29, 1.82) is 0 Å². The van der Waals surface area contributed by atoms with Gasteiger partial charge >= 0.3 is 6.09 Å². The van der Waals surface area contributed by atoms with Crippen molar-refractivity contribution in [3.63, 3.8) is 0 Å². The summed E-state index contributed by atoms with van der Waals surface area (Å²) in [5, 5.41) is 0. The van der Waals surface area contributed by atoms with Gasteiger partial charge in [-0.25, -0.2) is 4.79 Å². The minimum atomic E-state index is -0.251. The van der Waals surface area contributed by atoms with Gasteiger partial charge < -0.3 is 19.4 Å². The number of terminal acetylenes is 1. The SMILES string of the molecule is C#C/C=C\C(=C/C)COC(=O)N(CC)CCCN1CCN(CCN2CCCCC2)CC1. The van der Waals surface area contributed by atoms with Crippen molar-refractivity contribution < 1.29 is 9.53 Å². The highest BCUT2D eigenvalue weighted by Gasteiger charge is 2.19. The highest BCUT2D eigenvalue weighted by molar-refractivity contribution is 5.67. The average molecular weight is 431 g/mol. The Morgan fingerprint density at radius 1 is 1.00 bits per heavy atom. The molecule has 6 nitrogen and oxygen atoms in total. The van der Waals surface area contributed by atoms with E-state index in [-0.39, 0.29) is 12.7 Å². The Morgan fingerprint density at radius 2 is 1.61 bits per heavy atom. The summed E-state index contributed by atoms with van der Waals surface area (Å²) < 4.78 is 5.45. The summed E-state index contributed by atoms with van der Waals surface area (Å²) in [5.74, 6) is 2.46. The van der Waals surface area contributed by atoms with Gasteiger partial charge in [0.1, 0.15) is 6.61 Å². The molecule has 2 aliphatic rings. The first-order chi connectivity index (χ1) is 15.2. The van der Waals surface area contributed by atoms with Gasteiger partial charge in [0.2, 0.25) is 0 Å². The molecule has 0 spiro atoms. The molecule has 2 rings (SSSR count). The van der Waals surface area contributed by atoms with Crippen LogP contribution in [0.4, 0.5) is 4.79 Å². The molecule has 1 amide bonds. The maximum atomic E-state index is 12.4. The van der Waals surface area contributed by atoms with E-state index in [1.54, 1.807) is 17.1 Å². The van der Waals surface area contributed by atoms with Crippen molar-refractivity contribution in [3.05, 3.63) is 23.8 Å². The van der Waals surface area contributed by atoms with Crippen LogP contribution >= 0.6 is 0 Å². The quantitative estimate of drug-likeness (QED) is 0.372. The molecular weight excluding hydrogens is 388 g/mol. The number of likely N-dealkylation sites (tertiary alicyclic amines) is 1. The van der Waals surface area contributed by atoms with E-state index < -0.39 is 0 Å². The largest absolute Gasteiger partial charge is 0.445 e. The third kappa shape index (κ3) is 9.90. The van der Waals surface area contributed by atoms with Crippen LogP contribution in [0.15, 0.2) is 23.8 Å². The molecule has 2 aliphatic heterocycles. The van der Waals surface area contributed by atoms with Crippen LogP contribution in [0.2, 0.25) is 0 Å². The number of piperazine rings is 1. The van der Waals surface area contributed by atoms with Gasteiger partial charge in [-0.05, 0) is 70.5 Å². The molecule has 0 aromatic heterocycles. The molecule has 0 N–H and O–H groups in total. The molecule has 2 saturated heterocycles. The Balaban J connectivity index is 1.59. The zero-order valence-corrected chi connectivity index (χ0v) is 19.7. The highest BCUT2D eigenvalue weighted by Crippen LogP contribution is 2.09. The van der Waals surface area contributed by atoms with Crippen molar-refractivity contribution in [2.75, 3.05) is 78.6 Å². The van der Waals surface area contributed by atoms with Gasteiger partial charge in [-0.15, -0.1) is 6.42 Å². The lowest BCUT2D eigenvalue weighted by Gasteiger charge is -2.36. The Bertz CT molecular complexity index is 612. The zero-order chi connectivity index (χ0) is 22.3. The Kier molecular flexibility index (Phi) is 12.4. The molecule has 31 heavy (non-hydrogen) atoms. The molecule has 174 valence electrons. The second-order valence-corrected chi connectivity index (χ2v) is 8.44. The fourth-order valence-electron chi connectivity index (χ4n) is 4.19. The number of hydrogen-bond donors (Lipinski definition) is 0. The summed E-state index contributed by atoms with van der Waals surface area (Å²) in [5.41, 5.74) is 0.903. The van der Waals surface area contributed by atoms with Gasteiger partial charge in [0.25, 0.3) is 0 Å². The van der Waals surface area contributed by atoms with Crippen LogP contribution in [-0.2, 0) is 4.74 Å². The minimum Gasteiger partial charge on any atom is -0.445 e. The van der Waals surface area contributed by atoms with Gasteiger partial charge in [0.15, 0.2) is 0 Å². The third-order valence-electron chi connectivity index (χ3n) is 6.32. The number of hydrogen-bond acceptors (Lipinski definition) is 5. The van der Waals surface area contributed by atoms with Crippen molar-refractivity contribution >= 4 is 6.09 Å². The summed E-state index contributed by atoms with van der Waals surface area (Å²) in [6.45, 7) is 16.2. The van der Waals surface area contributed by atoms with E-state index in [4.69, 9.17) is 11.2 Å². The lowest BCUT2D eigenvalue weighted by atomic mass is 10.1. The van der Waals surface area contributed by atoms with E-state index in [9.17, 15) is 4.79 Å². The van der Waals surface area contributed by atoms with Gasteiger partial charge in [0.05, 0.1) is 0 Å². The monoisotopic (exact) mass is 430 g/mol. The number of amides is 1. The summed E-state index contributed by atoms with van der Waals surface area (Å²) in [4.78, 5) is 21.9.